The van der Waals surface area contributed by atoms with E-state index in [4.69, 9.17) is 17.0 Å². The standard InChI is InChI=1S/C10H11NOS/c1-12-10(13)8-11-7-9-5-3-2-4-6-9/h2-7H,8H2,1H3. The summed E-state index contributed by atoms with van der Waals surface area (Å²) in [5.41, 5.74) is 1.07. The Morgan fingerprint density at radius 3 is 2.77 bits per heavy atom. The van der Waals surface area contributed by atoms with Crippen LogP contribution in [-0.2, 0) is 4.74 Å². The third kappa shape index (κ3) is 3.80. The number of thiocarbonyl (C=S) groups is 1. The number of nitrogens with zero attached hydrogens (tertiary/aromatic N) is 1. The van der Waals surface area contributed by atoms with E-state index < -0.39 is 0 Å². The van der Waals surface area contributed by atoms with E-state index in [0.717, 1.165) is 5.56 Å². The maximum atomic E-state index is 4.83. The molecule has 0 saturated carbocycles. The SMILES string of the molecule is COC(=S)CN=Cc1ccccc1. The molecule has 0 atom stereocenters. The van der Waals surface area contributed by atoms with Crippen LogP contribution in [0.25, 0.3) is 0 Å². The molecule has 0 bridgehead atoms. The smallest absolute Gasteiger partial charge is 0.180 e. The molecule has 0 radical (unpaired) electrons. The number of benzene rings is 1. The van der Waals surface area contributed by atoms with Crippen LogP contribution in [0.2, 0.25) is 0 Å². The Labute approximate surface area is 83.3 Å². The first-order chi connectivity index (χ1) is 6.33. The quantitative estimate of drug-likeness (QED) is 0.541. The van der Waals surface area contributed by atoms with Crippen LogP contribution in [0.5, 0.6) is 0 Å². The first-order valence-corrected chi connectivity index (χ1v) is 4.35. The van der Waals surface area contributed by atoms with Gasteiger partial charge in [0, 0.05) is 6.21 Å². The van der Waals surface area contributed by atoms with Crippen molar-refractivity contribution in [1.29, 1.82) is 0 Å². The third-order valence-electron chi connectivity index (χ3n) is 1.49. The second-order valence-electron chi connectivity index (χ2n) is 2.46. The summed E-state index contributed by atoms with van der Waals surface area (Å²) in [6.07, 6.45) is 1.78. The maximum absolute atomic E-state index is 4.83. The van der Waals surface area contributed by atoms with Gasteiger partial charge in [-0.2, -0.15) is 0 Å². The monoisotopic (exact) mass is 193 g/mol. The fourth-order valence-corrected chi connectivity index (χ4v) is 0.904. The summed E-state index contributed by atoms with van der Waals surface area (Å²) in [5.74, 6) is 0. The zero-order valence-corrected chi connectivity index (χ0v) is 8.25. The summed E-state index contributed by atoms with van der Waals surface area (Å²) in [7, 11) is 1.56. The van der Waals surface area contributed by atoms with Crippen LogP contribution in [-0.4, -0.2) is 24.9 Å². The maximum Gasteiger partial charge on any atom is 0.180 e. The van der Waals surface area contributed by atoms with Crippen LogP contribution >= 0.6 is 12.2 Å². The summed E-state index contributed by atoms with van der Waals surface area (Å²) < 4.78 is 4.81. The molecule has 0 spiro atoms. The van der Waals surface area contributed by atoms with Crippen LogP contribution in [0.3, 0.4) is 0 Å². The number of rotatable bonds is 3. The van der Waals surface area contributed by atoms with E-state index in [2.05, 4.69) is 4.99 Å². The number of ether oxygens (including phenoxy) is 1. The van der Waals surface area contributed by atoms with Crippen LogP contribution in [0.4, 0.5) is 0 Å². The predicted molar refractivity (Wildman–Crippen MR) is 58.5 cm³/mol. The molecule has 1 aromatic carbocycles. The minimum Gasteiger partial charge on any atom is -0.488 e. The molecular weight excluding hydrogens is 182 g/mol. The van der Waals surface area contributed by atoms with Gasteiger partial charge >= 0.3 is 0 Å². The predicted octanol–water partition coefficient (Wildman–Crippen LogP) is 2.08. The molecule has 0 N–H and O–H groups in total. The fraction of sp³-hybridized carbons (Fsp3) is 0.200. The van der Waals surface area contributed by atoms with Crippen molar-refractivity contribution in [3.05, 3.63) is 35.9 Å². The van der Waals surface area contributed by atoms with Gasteiger partial charge in [-0.1, -0.05) is 30.3 Å². The van der Waals surface area contributed by atoms with Gasteiger partial charge in [0.05, 0.1) is 7.11 Å². The molecule has 0 aliphatic carbocycles. The van der Waals surface area contributed by atoms with Crippen LogP contribution in [0.1, 0.15) is 5.56 Å². The molecule has 0 amide bonds. The van der Waals surface area contributed by atoms with Crippen molar-refractivity contribution in [3.63, 3.8) is 0 Å². The molecule has 0 unspecified atom stereocenters. The van der Waals surface area contributed by atoms with Crippen molar-refractivity contribution in [2.24, 2.45) is 4.99 Å². The second kappa shape index (κ2) is 5.43. The average molecular weight is 193 g/mol. The molecule has 0 heterocycles. The van der Waals surface area contributed by atoms with Gasteiger partial charge in [0.15, 0.2) is 5.05 Å². The number of aliphatic imine (C=N–C) groups is 1. The molecule has 68 valence electrons. The number of hydrogen-bond acceptors (Lipinski definition) is 3. The number of hydrogen-bond donors (Lipinski definition) is 0. The van der Waals surface area contributed by atoms with Crippen molar-refractivity contribution in [3.8, 4) is 0 Å². The molecule has 1 rings (SSSR count). The molecular formula is C10H11NOS. The van der Waals surface area contributed by atoms with Gasteiger partial charge in [0.2, 0.25) is 0 Å². The average Bonchev–Trinajstić information content (AvgIpc) is 2.19. The van der Waals surface area contributed by atoms with Crippen LogP contribution in [0.15, 0.2) is 35.3 Å². The van der Waals surface area contributed by atoms with Gasteiger partial charge in [-0.15, -0.1) is 0 Å². The minimum atomic E-state index is 0.445. The van der Waals surface area contributed by atoms with Gasteiger partial charge in [-0.05, 0) is 17.8 Å². The molecule has 0 saturated heterocycles. The molecule has 0 aromatic heterocycles. The molecule has 1 aromatic rings. The topological polar surface area (TPSA) is 21.6 Å². The Kier molecular flexibility index (Phi) is 4.12. The van der Waals surface area contributed by atoms with E-state index in [-0.39, 0.29) is 0 Å². The van der Waals surface area contributed by atoms with Crippen molar-refractivity contribution in [2.45, 2.75) is 0 Å². The van der Waals surface area contributed by atoms with Gasteiger partial charge < -0.3 is 4.74 Å². The summed E-state index contributed by atoms with van der Waals surface area (Å²) >= 11 is 4.83. The molecule has 13 heavy (non-hydrogen) atoms. The Morgan fingerprint density at radius 2 is 2.15 bits per heavy atom. The van der Waals surface area contributed by atoms with E-state index >= 15 is 0 Å². The normalized spacial score (nSPS) is 10.2. The first-order valence-electron chi connectivity index (χ1n) is 3.94. The summed E-state index contributed by atoms with van der Waals surface area (Å²) in [5, 5.41) is 0.507. The minimum absolute atomic E-state index is 0.445. The van der Waals surface area contributed by atoms with E-state index in [1.54, 1.807) is 13.3 Å². The van der Waals surface area contributed by atoms with Crippen molar-refractivity contribution < 1.29 is 4.74 Å². The number of methoxy groups -OCH3 is 1. The molecule has 0 aliphatic rings. The Bertz CT molecular complexity index is 295. The lowest BCUT2D eigenvalue weighted by molar-refractivity contribution is 0.408. The highest BCUT2D eigenvalue weighted by Gasteiger charge is 1.89. The highest BCUT2D eigenvalue weighted by Crippen LogP contribution is 1.93. The van der Waals surface area contributed by atoms with Crippen molar-refractivity contribution >= 4 is 23.5 Å². The van der Waals surface area contributed by atoms with Crippen LogP contribution in [0, 0.1) is 0 Å². The largest absolute Gasteiger partial charge is 0.488 e. The van der Waals surface area contributed by atoms with E-state index in [1.807, 2.05) is 30.3 Å². The lowest BCUT2D eigenvalue weighted by atomic mass is 10.2. The van der Waals surface area contributed by atoms with Crippen LogP contribution < -0.4 is 0 Å². The van der Waals surface area contributed by atoms with E-state index in [0.29, 0.717) is 11.6 Å². The third-order valence-corrected chi connectivity index (χ3v) is 1.78. The summed E-state index contributed by atoms with van der Waals surface area (Å²) in [6.45, 7) is 0.445. The van der Waals surface area contributed by atoms with Crippen molar-refractivity contribution in [1.82, 2.24) is 0 Å². The molecule has 0 fully saturated rings. The zero-order chi connectivity index (χ0) is 9.52. The highest BCUT2D eigenvalue weighted by atomic mass is 32.1. The van der Waals surface area contributed by atoms with Crippen molar-refractivity contribution in [2.75, 3.05) is 13.7 Å². The fourth-order valence-electron chi connectivity index (χ4n) is 0.829. The summed E-state index contributed by atoms with van der Waals surface area (Å²) in [4.78, 5) is 4.12. The Morgan fingerprint density at radius 1 is 1.46 bits per heavy atom. The first kappa shape index (κ1) is 9.86. The molecule has 3 heteroatoms. The Balaban J connectivity index is 2.45. The van der Waals surface area contributed by atoms with E-state index in [1.165, 1.54) is 0 Å². The van der Waals surface area contributed by atoms with Gasteiger partial charge in [0.1, 0.15) is 6.54 Å². The van der Waals surface area contributed by atoms with E-state index in [9.17, 15) is 0 Å². The van der Waals surface area contributed by atoms with Gasteiger partial charge in [-0.25, -0.2) is 0 Å². The molecule has 2 nitrogen and oxygen atoms in total. The van der Waals surface area contributed by atoms with Gasteiger partial charge in [0.25, 0.3) is 0 Å². The summed E-state index contributed by atoms with van der Waals surface area (Å²) in [6, 6.07) is 9.88. The second-order valence-corrected chi connectivity index (χ2v) is 2.91. The van der Waals surface area contributed by atoms with Gasteiger partial charge in [-0.3, -0.25) is 4.99 Å². The lowest BCUT2D eigenvalue weighted by Crippen LogP contribution is -2.01. The lowest BCUT2D eigenvalue weighted by Gasteiger charge is -1.95. The Hall–Kier alpha value is -1.22. The molecule has 0 aliphatic heterocycles. The highest BCUT2D eigenvalue weighted by molar-refractivity contribution is 7.80. The zero-order valence-electron chi connectivity index (χ0n) is 7.43.